The molecule has 6 nitrogen and oxygen atoms in total. The van der Waals surface area contributed by atoms with E-state index in [1.807, 2.05) is 19.1 Å². The normalized spacial score (nSPS) is 10.2. The fourth-order valence-corrected chi connectivity index (χ4v) is 2.19. The van der Waals surface area contributed by atoms with Gasteiger partial charge < -0.3 is 19.9 Å². The molecule has 0 atom stereocenters. The lowest BCUT2D eigenvalue weighted by molar-refractivity contribution is -0.147. The number of esters is 1. The summed E-state index contributed by atoms with van der Waals surface area (Å²) in [5.74, 6) is -0.474. The lowest BCUT2D eigenvalue weighted by Gasteiger charge is -2.08. The molecule has 0 saturated heterocycles. The number of methoxy groups -OCH3 is 1. The number of phenols is 1. The van der Waals surface area contributed by atoms with E-state index in [2.05, 4.69) is 5.32 Å². The lowest BCUT2D eigenvalue weighted by atomic mass is 10.1. The molecule has 0 unspecified atom stereocenters. The van der Waals surface area contributed by atoms with Crippen LogP contribution in [0.1, 0.15) is 17.5 Å². The lowest BCUT2D eigenvalue weighted by Crippen LogP contribution is -2.21. The molecule has 2 aromatic carbocycles. The maximum absolute atomic E-state index is 11.8. The summed E-state index contributed by atoms with van der Waals surface area (Å²) in [6, 6.07) is 12.3. The third-order valence-electron chi connectivity index (χ3n) is 3.56. The Labute approximate surface area is 146 Å². The van der Waals surface area contributed by atoms with E-state index in [4.69, 9.17) is 9.47 Å². The Morgan fingerprint density at radius 1 is 1.12 bits per heavy atom. The summed E-state index contributed by atoms with van der Waals surface area (Å²) in [5, 5.41) is 12.4. The molecule has 0 aliphatic heterocycles. The Balaban J connectivity index is 1.74. The van der Waals surface area contributed by atoms with Gasteiger partial charge in [0.2, 0.25) is 0 Å². The maximum Gasteiger partial charge on any atom is 0.306 e. The van der Waals surface area contributed by atoms with Crippen LogP contribution < -0.4 is 10.1 Å². The number of anilines is 1. The molecule has 0 fully saturated rings. The Morgan fingerprint density at radius 2 is 1.84 bits per heavy atom. The van der Waals surface area contributed by atoms with Crippen molar-refractivity contribution in [2.24, 2.45) is 0 Å². The molecule has 132 valence electrons. The summed E-state index contributed by atoms with van der Waals surface area (Å²) in [7, 11) is 1.47. The van der Waals surface area contributed by atoms with Crippen molar-refractivity contribution < 1.29 is 24.2 Å². The van der Waals surface area contributed by atoms with Gasteiger partial charge in [0.1, 0.15) is 0 Å². The molecule has 0 spiro atoms. The molecule has 2 aromatic rings. The van der Waals surface area contributed by atoms with Gasteiger partial charge in [-0.3, -0.25) is 9.59 Å². The molecule has 0 aliphatic carbocycles. The van der Waals surface area contributed by atoms with Gasteiger partial charge in [-0.25, -0.2) is 0 Å². The SMILES string of the molecule is COc1ccc(CCC(=O)OCC(=O)Nc2ccc(C)cc2)cc1O. The number of hydrogen-bond acceptors (Lipinski definition) is 5. The van der Waals surface area contributed by atoms with Crippen LogP contribution in [0.2, 0.25) is 0 Å². The molecular formula is C19H21NO5. The van der Waals surface area contributed by atoms with Crippen molar-refractivity contribution in [3.63, 3.8) is 0 Å². The summed E-state index contributed by atoms with van der Waals surface area (Å²) < 4.78 is 9.92. The Bertz CT molecular complexity index is 740. The number of hydrogen-bond donors (Lipinski definition) is 2. The summed E-state index contributed by atoms with van der Waals surface area (Å²) in [5.41, 5.74) is 2.52. The van der Waals surface area contributed by atoms with Crippen LogP contribution in [0.15, 0.2) is 42.5 Å². The minimum Gasteiger partial charge on any atom is -0.504 e. The molecule has 0 saturated carbocycles. The molecule has 0 aromatic heterocycles. The minimum absolute atomic E-state index is 0.0193. The third-order valence-corrected chi connectivity index (χ3v) is 3.56. The topological polar surface area (TPSA) is 84.9 Å². The first kappa shape index (κ1) is 18.3. The van der Waals surface area contributed by atoms with Crippen molar-refractivity contribution >= 4 is 17.6 Å². The average Bonchev–Trinajstić information content (AvgIpc) is 2.60. The number of carbonyl (C=O) groups excluding carboxylic acids is 2. The predicted octanol–water partition coefficient (Wildman–Crippen LogP) is 2.82. The molecule has 25 heavy (non-hydrogen) atoms. The van der Waals surface area contributed by atoms with Crippen molar-refractivity contribution in [1.29, 1.82) is 0 Å². The van der Waals surface area contributed by atoms with Gasteiger partial charge in [0.25, 0.3) is 5.91 Å². The first-order valence-electron chi connectivity index (χ1n) is 7.86. The van der Waals surface area contributed by atoms with E-state index in [-0.39, 0.29) is 24.7 Å². The van der Waals surface area contributed by atoms with Crippen molar-refractivity contribution in [1.82, 2.24) is 0 Å². The zero-order chi connectivity index (χ0) is 18.2. The number of nitrogens with one attached hydrogen (secondary N) is 1. The highest BCUT2D eigenvalue weighted by atomic mass is 16.5. The number of carbonyl (C=O) groups is 2. The molecular weight excluding hydrogens is 322 g/mol. The average molecular weight is 343 g/mol. The van der Waals surface area contributed by atoms with Crippen LogP contribution in [-0.4, -0.2) is 30.7 Å². The first-order chi connectivity index (χ1) is 12.0. The highest BCUT2D eigenvalue weighted by molar-refractivity contribution is 5.92. The fraction of sp³-hybridized carbons (Fsp3) is 0.263. The van der Waals surface area contributed by atoms with Crippen LogP contribution in [-0.2, 0) is 20.7 Å². The van der Waals surface area contributed by atoms with E-state index in [9.17, 15) is 14.7 Å². The van der Waals surface area contributed by atoms with Crippen LogP contribution in [0.3, 0.4) is 0 Å². The Morgan fingerprint density at radius 3 is 2.48 bits per heavy atom. The molecule has 6 heteroatoms. The van der Waals surface area contributed by atoms with Crippen molar-refractivity contribution in [2.75, 3.05) is 19.0 Å². The molecule has 0 bridgehead atoms. The zero-order valence-corrected chi connectivity index (χ0v) is 14.2. The maximum atomic E-state index is 11.8. The quantitative estimate of drug-likeness (QED) is 0.755. The third kappa shape index (κ3) is 5.84. The van der Waals surface area contributed by atoms with E-state index in [1.165, 1.54) is 13.2 Å². The molecule has 2 N–H and O–H groups in total. The standard InChI is InChI=1S/C19H21NO5/c1-13-3-7-15(8-4-13)20-18(22)12-25-19(23)10-6-14-5-9-17(24-2)16(21)11-14/h3-5,7-9,11,21H,6,10,12H2,1-2H3,(H,20,22). The number of amides is 1. The fourth-order valence-electron chi connectivity index (χ4n) is 2.19. The van der Waals surface area contributed by atoms with Gasteiger partial charge in [0.15, 0.2) is 18.1 Å². The zero-order valence-electron chi connectivity index (χ0n) is 14.2. The second-order valence-corrected chi connectivity index (χ2v) is 5.58. The second kappa shape index (κ2) is 8.73. The molecule has 0 radical (unpaired) electrons. The van der Waals surface area contributed by atoms with E-state index in [1.54, 1.807) is 24.3 Å². The molecule has 0 aliphatic rings. The minimum atomic E-state index is -0.477. The van der Waals surface area contributed by atoms with Crippen molar-refractivity contribution in [3.8, 4) is 11.5 Å². The smallest absolute Gasteiger partial charge is 0.306 e. The van der Waals surface area contributed by atoms with Crippen LogP contribution in [0, 0.1) is 6.92 Å². The van der Waals surface area contributed by atoms with Crippen LogP contribution >= 0.6 is 0 Å². The Kier molecular flexibility index (Phi) is 6.39. The molecule has 2 rings (SSSR count). The van der Waals surface area contributed by atoms with Gasteiger partial charge in [-0.15, -0.1) is 0 Å². The van der Waals surface area contributed by atoms with Gasteiger partial charge in [0.05, 0.1) is 7.11 Å². The van der Waals surface area contributed by atoms with Gasteiger partial charge in [-0.1, -0.05) is 23.8 Å². The number of phenolic OH excluding ortho intramolecular Hbond substituents is 1. The number of ether oxygens (including phenoxy) is 2. The largest absolute Gasteiger partial charge is 0.504 e. The van der Waals surface area contributed by atoms with Crippen molar-refractivity contribution in [3.05, 3.63) is 53.6 Å². The number of rotatable bonds is 7. The Hall–Kier alpha value is -3.02. The van der Waals surface area contributed by atoms with Crippen LogP contribution in [0.5, 0.6) is 11.5 Å². The summed E-state index contributed by atoms with van der Waals surface area (Å²) in [6.45, 7) is 1.62. The van der Waals surface area contributed by atoms with E-state index >= 15 is 0 Å². The van der Waals surface area contributed by atoms with Crippen LogP contribution in [0.25, 0.3) is 0 Å². The predicted molar refractivity (Wildman–Crippen MR) is 93.7 cm³/mol. The van der Waals surface area contributed by atoms with Gasteiger partial charge >= 0.3 is 5.97 Å². The van der Waals surface area contributed by atoms with Gasteiger partial charge in [-0.2, -0.15) is 0 Å². The van der Waals surface area contributed by atoms with Crippen LogP contribution in [0.4, 0.5) is 5.69 Å². The van der Waals surface area contributed by atoms with E-state index in [0.29, 0.717) is 17.9 Å². The monoisotopic (exact) mass is 343 g/mol. The number of aromatic hydroxyl groups is 1. The summed E-state index contributed by atoms with van der Waals surface area (Å²) in [6.07, 6.45) is 0.513. The molecule has 0 heterocycles. The first-order valence-corrected chi connectivity index (χ1v) is 7.86. The van der Waals surface area contributed by atoms with E-state index < -0.39 is 5.97 Å². The summed E-state index contributed by atoms with van der Waals surface area (Å²) >= 11 is 0. The molecule has 1 amide bonds. The highest BCUT2D eigenvalue weighted by Crippen LogP contribution is 2.26. The second-order valence-electron chi connectivity index (χ2n) is 5.58. The summed E-state index contributed by atoms with van der Waals surface area (Å²) in [4.78, 5) is 23.5. The van der Waals surface area contributed by atoms with Gasteiger partial charge in [-0.05, 0) is 43.2 Å². The highest BCUT2D eigenvalue weighted by Gasteiger charge is 2.09. The van der Waals surface area contributed by atoms with Crippen molar-refractivity contribution in [2.45, 2.75) is 19.8 Å². The van der Waals surface area contributed by atoms with E-state index in [0.717, 1.165) is 11.1 Å². The number of aryl methyl sites for hydroxylation is 2. The van der Waals surface area contributed by atoms with Gasteiger partial charge in [0, 0.05) is 12.1 Å². The number of benzene rings is 2.